The second-order valence-corrected chi connectivity index (χ2v) is 8.13. The Morgan fingerprint density at radius 3 is 2.42 bits per heavy atom. The molecule has 1 saturated carbocycles. The first kappa shape index (κ1) is 16.1. The third-order valence-corrected chi connectivity index (χ3v) is 6.55. The summed E-state index contributed by atoms with van der Waals surface area (Å²) in [6.07, 6.45) is 9.00. The van der Waals surface area contributed by atoms with E-state index < -0.39 is 0 Å². The summed E-state index contributed by atoms with van der Waals surface area (Å²) in [7, 11) is 0. The molecule has 0 aliphatic heterocycles. The number of para-hydroxylation sites is 1. The van der Waals surface area contributed by atoms with Crippen LogP contribution in [0.5, 0.6) is 0 Å². The summed E-state index contributed by atoms with van der Waals surface area (Å²) in [6, 6.07) is 21.0. The molecule has 26 heavy (non-hydrogen) atoms. The van der Waals surface area contributed by atoms with E-state index in [1.165, 1.54) is 67.1 Å². The van der Waals surface area contributed by atoms with E-state index in [0.29, 0.717) is 12.1 Å². The van der Waals surface area contributed by atoms with Gasteiger partial charge in [-0.1, -0.05) is 48.5 Å². The Labute approximate surface area is 156 Å². The summed E-state index contributed by atoms with van der Waals surface area (Å²) in [5.41, 5.74) is 5.85. The van der Waals surface area contributed by atoms with E-state index >= 15 is 0 Å². The fourth-order valence-electron chi connectivity index (χ4n) is 5.18. The molecule has 1 heterocycles. The number of hydrogen-bond acceptors (Lipinski definition) is 1. The van der Waals surface area contributed by atoms with Gasteiger partial charge in [0.1, 0.15) is 0 Å². The molecular weight excluding hydrogens is 316 g/mol. The van der Waals surface area contributed by atoms with Gasteiger partial charge in [-0.2, -0.15) is 0 Å². The lowest BCUT2D eigenvalue weighted by Crippen LogP contribution is -2.37. The first-order chi connectivity index (χ1) is 12.9. The van der Waals surface area contributed by atoms with Gasteiger partial charge < -0.3 is 10.3 Å². The van der Waals surface area contributed by atoms with Crippen molar-refractivity contribution in [1.82, 2.24) is 10.3 Å². The summed E-state index contributed by atoms with van der Waals surface area (Å²) in [5.74, 6) is 0.754. The molecule has 134 valence electrons. The van der Waals surface area contributed by atoms with E-state index in [0.717, 1.165) is 5.92 Å². The highest BCUT2D eigenvalue weighted by molar-refractivity contribution is 5.85. The standard InChI is InChI=1S/C24H28N2/c1-2-7-17(8-3-1)18-13-15-19(16-14-18)25-23-12-6-10-21-20-9-4-5-11-22(20)26-24(21)23/h1-5,7-9,11,18-19,23,25-26H,6,10,12-16H2. The van der Waals surface area contributed by atoms with Crippen LogP contribution in [0.25, 0.3) is 10.9 Å². The average molecular weight is 345 g/mol. The van der Waals surface area contributed by atoms with Crippen molar-refractivity contribution in [2.75, 3.05) is 0 Å². The highest BCUT2D eigenvalue weighted by Crippen LogP contribution is 2.37. The van der Waals surface area contributed by atoms with Gasteiger partial charge in [0, 0.05) is 28.7 Å². The Morgan fingerprint density at radius 1 is 0.808 bits per heavy atom. The van der Waals surface area contributed by atoms with E-state index in [-0.39, 0.29) is 0 Å². The number of hydrogen-bond donors (Lipinski definition) is 2. The SMILES string of the molecule is c1ccc(C2CCC(NC3CCCc4c3[nH]c3ccccc43)CC2)cc1. The second-order valence-electron chi connectivity index (χ2n) is 8.13. The molecule has 0 spiro atoms. The monoisotopic (exact) mass is 344 g/mol. The van der Waals surface area contributed by atoms with E-state index in [2.05, 4.69) is 64.9 Å². The minimum absolute atomic E-state index is 0.504. The number of fused-ring (bicyclic) bond motifs is 3. The lowest BCUT2D eigenvalue weighted by Gasteiger charge is -2.34. The van der Waals surface area contributed by atoms with Crippen LogP contribution in [0.2, 0.25) is 0 Å². The maximum atomic E-state index is 4.02. The van der Waals surface area contributed by atoms with Crippen molar-refractivity contribution in [2.45, 2.75) is 62.9 Å². The molecule has 2 N–H and O–H groups in total. The van der Waals surface area contributed by atoms with Gasteiger partial charge in [-0.05, 0) is 68.1 Å². The summed E-state index contributed by atoms with van der Waals surface area (Å²) >= 11 is 0. The van der Waals surface area contributed by atoms with E-state index in [9.17, 15) is 0 Å². The molecule has 0 radical (unpaired) electrons. The molecule has 0 saturated heterocycles. The Kier molecular flexibility index (Phi) is 4.30. The Hall–Kier alpha value is -2.06. The van der Waals surface area contributed by atoms with Gasteiger partial charge in [-0.3, -0.25) is 0 Å². The Morgan fingerprint density at radius 2 is 1.58 bits per heavy atom. The van der Waals surface area contributed by atoms with Gasteiger partial charge >= 0.3 is 0 Å². The van der Waals surface area contributed by atoms with Gasteiger partial charge in [0.2, 0.25) is 0 Å². The molecule has 0 amide bonds. The third-order valence-electron chi connectivity index (χ3n) is 6.55. The van der Waals surface area contributed by atoms with Crippen LogP contribution in [0.1, 0.15) is 67.3 Å². The number of rotatable bonds is 3. The number of aromatic nitrogens is 1. The molecule has 1 atom stereocenters. The Bertz CT molecular complexity index is 872. The molecule has 1 unspecified atom stereocenters. The third kappa shape index (κ3) is 2.97. The van der Waals surface area contributed by atoms with Crippen LogP contribution in [0, 0.1) is 0 Å². The van der Waals surface area contributed by atoms with Crippen LogP contribution >= 0.6 is 0 Å². The normalized spacial score (nSPS) is 25.9. The van der Waals surface area contributed by atoms with Gasteiger partial charge in [0.15, 0.2) is 0 Å². The molecule has 2 aromatic carbocycles. The van der Waals surface area contributed by atoms with Gasteiger partial charge in [0.05, 0.1) is 0 Å². The first-order valence-corrected chi connectivity index (χ1v) is 10.3. The minimum atomic E-state index is 0.504. The van der Waals surface area contributed by atoms with Crippen molar-refractivity contribution in [3.63, 3.8) is 0 Å². The first-order valence-electron chi connectivity index (χ1n) is 10.3. The fourth-order valence-corrected chi connectivity index (χ4v) is 5.18. The molecule has 2 aliphatic carbocycles. The predicted octanol–water partition coefficient (Wildman–Crippen LogP) is 5.86. The quantitative estimate of drug-likeness (QED) is 0.612. The van der Waals surface area contributed by atoms with Crippen LogP contribution < -0.4 is 5.32 Å². The fraction of sp³-hybridized carbons (Fsp3) is 0.417. The zero-order chi connectivity index (χ0) is 17.3. The molecule has 3 aromatic rings. The molecule has 2 heteroatoms. The topological polar surface area (TPSA) is 27.8 Å². The number of nitrogens with one attached hydrogen (secondary N) is 2. The second kappa shape index (κ2) is 6.92. The summed E-state index contributed by atoms with van der Waals surface area (Å²) in [5, 5.41) is 5.45. The van der Waals surface area contributed by atoms with Crippen molar-refractivity contribution in [2.24, 2.45) is 0 Å². The molecule has 2 nitrogen and oxygen atoms in total. The lowest BCUT2D eigenvalue weighted by molar-refractivity contribution is 0.300. The largest absolute Gasteiger partial charge is 0.357 e. The van der Waals surface area contributed by atoms with Crippen molar-refractivity contribution in [3.8, 4) is 0 Å². The average Bonchev–Trinajstić information content (AvgIpc) is 3.09. The maximum absolute atomic E-state index is 4.02. The zero-order valence-electron chi connectivity index (χ0n) is 15.4. The van der Waals surface area contributed by atoms with Crippen molar-refractivity contribution in [3.05, 3.63) is 71.4 Å². The van der Waals surface area contributed by atoms with Crippen LogP contribution in [0.4, 0.5) is 0 Å². The van der Waals surface area contributed by atoms with Crippen LogP contribution in [0.15, 0.2) is 54.6 Å². The Balaban J connectivity index is 1.28. The maximum Gasteiger partial charge on any atom is 0.0478 e. The minimum Gasteiger partial charge on any atom is -0.357 e. The van der Waals surface area contributed by atoms with Gasteiger partial charge in [-0.25, -0.2) is 0 Å². The van der Waals surface area contributed by atoms with Crippen molar-refractivity contribution < 1.29 is 0 Å². The highest BCUT2D eigenvalue weighted by Gasteiger charge is 2.28. The summed E-state index contributed by atoms with van der Waals surface area (Å²) < 4.78 is 0. The predicted molar refractivity (Wildman–Crippen MR) is 109 cm³/mol. The number of benzene rings is 2. The molecule has 1 aromatic heterocycles. The molecular formula is C24H28N2. The lowest BCUT2D eigenvalue weighted by atomic mass is 9.81. The number of aromatic amines is 1. The number of aryl methyl sites for hydroxylation is 1. The molecule has 5 rings (SSSR count). The van der Waals surface area contributed by atoms with E-state index in [1.54, 1.807) is 5.56 Å². The van der Waals surface area contributed by atoms with Crippen molar-refractivity contribution in [1.29, 1.82) is 0 Å². The van der Waals surface area contributed by atoms with E-state index in [1.807, 2.05) is 0 Å². The molecule has 0 bridgehead atoms. The summed E-state index contributed by atoms with van der Waals surface area (Å²) in [4.78, 5) is 3.73. The molecule has 1 fully saturated rings. The molecule has 2 aliphatic rings. The van der Waals surface area contributed by atoms with E-state index in [4.69, 9.17) is 0 Å². The summed E-state index contributed by atoms with van der Waals surface area (Å²) in [6.45, 7) is 0. The number of H-pyrrole nitrogens is 1. The van der Waals surface area contributed by atoms with Crippen LogP contribution in [-0.4, -0.2) is 11.0 Å². The highest BCUT2D eigenvalue weighted by atomic mass is 15.0. The smallest absolute Gasteiger partial charge is 0.0478 e. The zero-order valence-corrected chi connectivity index (χ0v) is 15.4. The van der Waals surface area contributed by atoms with Crippen LogP contribution in [-0.2, 0) is 6.42 Å². The van der Waals surface area contributed by atoms with Gasteiger partial charge in [-0.15, -0.1) is 0 Å². The van der Waals surface area contributed by atoms with Crippen molar-refractivity contribution >= 4 is 10.9 Å². The van der Waals surface area contributed by atoms with Crippen LogP contribution in [0.3, 0.4) is 0 Å². The van der Waals surface area contributed by atoms with Gasteiger partial charge in [0.25, 0.3) is 0 Å².